The van der Waals surface area contributed by atoms with E-state index in [-0.39, 0.29) is 11.8 Å². The molecule has 0 aliphatic carbocycles. The number of fused-ring (bicyclic) bond motifs is 1. The van der Waals surface area contributed by atoms with Crippen LogP contribution >= 0.6 is 0 Å². The lowest BCUT2D eigenvalue weighted by molar-refractivity contribution is -0.116. The summed E-state index contributed by atoms with van der Waals surface area (Å²) in [4.78, 5) is 45.4. The molecular weight excluding hydrogens is 482 g/mol. The fourth-order valence-electron chi connectivity index (χ4n) is 4.35. The van der Waals surface area contributed by atoms with Crippen LogP contribution in [0.5, 0.6) is 0 Å². The number of anilines is 3. The highest BCUT2D eigenvalue weighted by Gasteiger charge is 2.29. The van der Waals surface area contributed by atoms with Crippen LogP contribution < -0.4 is 15.5 Å². The summed E-state index contributed by atoms with van der Waals surface area (Å²) in [5.41, 5.74) is 4.91. The molecule has 2 amide bonds. The first-order valence-electron chi connectivity index (χ1n) is 12.3. The first-order chi connectivity index (χ1) is 18.3. The quantitative estimate of drug-likeness (QED) is 0.328. The van der Waals surface area contributed by atoms with Crippen molar-refractivity contribution in [1.82, 2.24) is 9.88 Å². The molecule has 0 atom stereocenters. The second-order valence-electron chi connectivity index (χ2n) is 9.19. The summed E-state index contributed by atoms with van der Waals surface area (Å²) < 4.78 is 4.81. The number of esters is 1. The van der Waals surface area contributed by atoms with Gasteiger partial charge in [-0.15, -0.1) is 0 Å². The predicted octanol–water partition coefficient (Wildman–Crippen LogP) is 4.11. The van der Waals surface area contributed by atoms with Gasteiger partial charge in [-0.2, -0.15) is 0 Å². The van der Waals surface area contributed by atoms with Crippen molar-refractivity contribution in [3.05, 3.63) is 83.7 Å². The van der Waals surface area contributed by atoms with Crippen molar-refractivity contribution in [2.75, 3.05) is 49.8 Å². The summed E-state index contributed by atoms with van der Waals surface area (Å²) in [6.45, 7) is 3.07. The fourth-order valence-corrected chi connectivity index (χ4v) is 4.35. The van der Waals surface area contributed by atoms with Gasteiger partial charge in [0.05, 0.1) is 29.6 Å². The summed E-state index contributed by atoms with van der Waals surface area (Å²) >= 11 is 0. The molecule has 1 aromatic heterocycles. The SMILES string of the molecule is COC(=O)c1ccc2c(c1)NC(=O)C2=C(Nc1ccc(N(CCCN(C)C)C(C)=O)cc1)c1ccncc1. The number of amides is 2. The largest absolute Gasteiger partial charge is 0.465 e. The molecule has 0 radical (unpaired) electrons. The van der Waals surface area contributed by atoms with Crippen LogP contribution in [0.25, 0.3) is 11.3 Å². The number of carbonyl (C=O) groups is 3. The second kappa shape index (κ2) is 11.7. The Morgan fingerprint density at radius 3 is 2.32 bits per heavy atom. The van der Waals surface area contributed by atoms with E-state index in [1.807, 2.05) is 50.5 Å². The lowest BCUT2D eigenvalue weighted by Crippen LogP contribution is -2.31. The highest BCUT2D eigenvalue weighted by Crippen LogP contribution is 2.38. The number of hydrogen-bond donors (Lipinski definition) is 2. The number of hydrogen-bond acceptors (Lipinski definition) is 7. The third-order valence-electron chi connectivity index (χ3n) is 6.22. The molecule has 2 N–H and O–H groups in total. The second-order valence-corrected chi connectivity index (χ2v) is 9.19. The number of aromatic nitrogens is 1. The van der Waals surface area contributed by atoms with Gasteiger partial charge < -0.3 is 25.2 Å². The summed E-state index contributed by atoms with van der Waals surface area (Å²) in [6.07, 6.45) is 4.18. The fraction of sp³-hybridized carbons (Fsp3) is 0.241. The van der Waals surface area contributed by atoms with Gasteiger partial charge in [-0.05, 0) is 75.6 Å². The van der Waals surface area contributed by atoms with E-state index in [9.17, 15) is 14.4 Å². The molecule has 9 nitrogen and oxygen atoms in total. The minimum atomic E-state index is -0.478. The van der Waals surface area contributed by atoms with Gasteiger partial charge in [-0.25, -0.2) is 4.79 Å². The Morgan fingerprint density at radius 1 is 0.974 bits per heavy atom. The number of nitrogens with zero attached hydrogens (tertiary/aromatic N) is 3. The van der Waals surface area contributed by atoms with E-state index in [1.54, 1.807) is 42.4 Å². The molecule has 0 saturated carbocycles. The molecule has 3 aromatic rings. The van der Waals surface area contributed by atoms with Crippen LogP contribution in [-0.2, 0) is 14.3 Å². The molecule has 2 aromatic carbocycles. The van der Waals surface area contributed by atoms with Crippen molar-refractivity contribution >= 4 is 46.1 Å². The molecule has 0 saturated heterocycles. The van der Waals surface area contributed by atoms with E-state index in [0.717, 1.165) is 29.9 Å². The minimum Gasteiger partial charge on any atom is -0.465 e. The molecular formula is C29H31N5O4. The summed E-state index contributed by atoms with van der Waals surface area (Å²) in [5.74, 6) is -0.787. The van der Waals surface area contributed by atoms with E-state index in [0.29, 0.717) is 34.6 Å². The zero-order valence-corrected chi connectivity index (χ0v) is 21.9. The number of ether oxygens (including phenoxy) is 1. The van der Waals surface area contributed by atoms with Gasteiger partial charge in [0.1, 0.15) is 0 Å². The van der Waals surface area contributed by atoms with Crippen LogP contribution in [0.3, 0.4) is 0 Å². The average molecular weight is 514 g/mol. The molecule has 38 heavy (non-hydrogen) atoms. The predicted molar refractivity (Wildman–Crippen MR) is 149 cm³/mol. The number of methoxy groups -OCH3 is 1. The minimum absolute atomic E-state index is 0.0189. The monoisotopic (exact) mass is 513 g/mol. The Bertz CT molecular complexity index is 1370. The zero-order chi connectivity index (χ0) is 27.2. The lowest BCUT2D eigenvalue weighted by atomic mass is 9.99. The van der Waals surface area contributed by atoms with Gasteiger partial charge in [-0.3, -0.25) is 14.6 Å². The average Bonchev–Trinajstić information content (AvgIpc) is 3.24. The number of nitrogens with one attached hydrogen (secondary N) is 2. The number of pyridine rings is 1. The molecule has 196 valence electrons. The topological polar surface area (TPSA) is 104 Å². The molecule has 0 fully saturated rings. The van der Waals surface area contributed by atoms with Gasteiger partial charge >= 0.3 is 5.97 Å². The van der Waals surface area contributed by atoms with E-state index >= 15 is 0 Å². The Labute approximate surface area is 222 Å². The van der Waals surface area contributed by atoms with Crippen LogP contribution in [0, 0.1) is 0 Å². The molecule has 1 aliphatic rings. The van der Waals surface area contributed by atoms with Crippen molar-refractivity contribution < 1.29 is 19.1 Å². The molecule has 1 aliphatic heterocycles. The molecule has 9 heteroatoms. The Balaban J connectivity index is 1.68. The number of rotatable bonds is 9. The first kappa shape index (κ1) is 26.6. The summed E-state index contributed by atoms with van der Waals surface area (Å²) in [5, 5.41) is 6.26. The van der Waals surface area contributed by atoms with Crippen molar-refractivity contribution in [3.63, 3.8) is 0 Å². The summed E-state index contributed by atoms with van der Waals surface area (Å²) in [6, 6.07) is 16.2. The highest BCUT2D eigenvalue weighted by atomic mass is 16.5. The number of benzene rings is 2. The van der Waals surface area contributed by atoms with Gasteiger partial charge in [0.25, 0.3) is 5.91 Å². The molecule has 4 rings (SSSR count). The number of carbonyl (C=O) groups excluding carboxylic acids is 3. The molecule has 0 bridgehead atoms. The van der Waals surface area contributed by atoms with Gasteiger partial charge in [-0.1, -0.05) is 6.07 Å². The van der Waals surface area contributed by atoms with E-state index in [1.165, 1.54) is 7.11 Å². The van der Waals surface area contributed by atoms with Crippen molar-refractivity contribution in [3.8, 4) is 0 Å². The molecule has 0 unspecified atom stereocenters. The first-order valence-corrected chi connectivity index (χ1v) is 12.3. The summed E-state index contributed by atoms with van der Waals surface area (Å²) in [7, 11) is 5.33. The third kappa shape index (κ3) is 5.90. The maximum absolute atomic E-state index is 13.2. The normalized spacial score (nSPS) is 13.6. The van der Waals surface area contributed by atoms with Crippen LogP contribution in [0.2, 0.25) is 0 Å². The van der Waals surface area contributed by atoms with Crippen molar-refractivity contribution in [1.29, 1.82) is 0 Å². The molecule has 0 spiro atoms. The van der Waals surface area contributed by atoms with Gasteiger partial charge in [0.2, 0.25) is 5.91 Å². The third-order valence-corrected chi connectivity index (χ3v) is 6.22. The van der Waals surface area contributed by atoms with Crippen LogP contribution in [-0.4, -0.2) is 62.0 Å². The maximum Gasteiger partial charge on any atom is 0.337 e. The van der Waals surface area contributed by atoms with Crippen LogP contribution in [0.15, 0.2) is 67.0 Å². The Morgan fingerprint density at radius 2 is 1.68 bits per heavy atom. The zero-order valence-electron chi connectivity index (χ0n) is 21.9. The smallest absolute Gasteiger partial charge is 0.337 e. The van der Waals surface area contributed by atoms with E-state index in [4.69, 9.17) is 4.74 Å². The standard InChI is InChI=1S/C29H31N5O4/c1-19(35)34(17-5-16-33(2)3)23-9-7-22(8-10-23)31-27(20-12-14-30-15-13-20)26-24-11-6-21(29(37)38-4)18-25(24)32-28(26)36/h6-15,18,31H,5,16-17H2,1-4H3,(H,32,36). The van der Waals surface area contributed by atoms with E-state index in [2.05, 4.69) is 20.5 Å². The van der Waals surface area contributed by atoms with Gasteiger partial charge in [0.15, 0.2) is 0 Å². The highest BCUT2D eigenvalue weighted by molar-refractivity contribution is 6.37. The van der Waals surface area contributed by atoms with Crippen molar-refractivity contribution in [2.24, 2.45) is 0 Å². The van der Waals surface area contributed by atoms with Crippen molar-refractivity contribution in [2.45, 2.75) is 13.3 Å². The molecule has 2 heterocycles. The Kier molecular flexibility index (Phi) is 8.18. The lowest BCUT2D eigenvalue weighted by Gasteiger charge is -2.23. The Hall–Kier alpha value is -4.50. The maximum atomic E-state index is 13.2. The van der Waals surface area contributed by atoms with Crippen LogP contribution in [0.1, 0.15) is 34.8 Å². The van der Waals surface area contributed by atoms with Crippen LogP contribution in [0.4, 0.5) is 17.1 Å². The van der Waals surface area contributed by atoms with E-state index < -0.39 is 5.97 Å². The van der Waals surface area contributed by atoms with Gasteiger partial charge in [0, 0.05) is 48.4 Å².